The molecule has 1 amide bonds. The first-order chi connectivity index (χ1) is 10.1. The number of carbonyl (C=O) groups is 1. The van der Waals surface area contributed by atoms with Crippen LogP contribution in [0.4, 0.5) is 5.69 Å². The maximum atomic E-state index is 11.9. The van der Waals surface area contributed by atoms with Gasteiger partial charge in [0.1, 0.15) is 6.26 Å². The molecule has 0 aliphatic rings. The highest BCUT2D eigenvalue weighted by atomic mass is 35.5. The van der Waals surface area contributed by atoms with Crippen molar-refractivity contribution in [3.8, 4) is 11.5 Å². The van der Waals surface area contributed by atoms with E-state index in [0.717, 1.165) is 11.1 Å². The lowest BCUT2D eigenvalue weighted by atomic mass is 10.1. The minimum absolute atomic E-state index is 0. The number of amides is 1. The molecule has 2 rings (SSSR count). The first kappa shape index (κ1) is 18.2. The first-order valence-electron chi connectivity index (χ1n) is 6.67. The van der Waals surface area contributed by atoms with Crippen LogP contribution in [-0.2, 0) is 9.53 Å². The monoisotopic (exact) mass is 325 g/mol. The number of nitrogens with one attached hydrogen (secondary N) is 1. The molecule has 0 saturated carbocycles. The number of aromatic nitrogens is 1. The van der Waals surface area contributed by atoms with Crippen molar-refractivity contribution in [1.82, 2.24) is 4.98 Å². The van der Waals surface area contributed by atoms with E-state index in [0.29, 0.717) is 18.1 Å². The summed E-state index contributed by atoms with van der Waals surface area (Å²) in [6.45, 7) is 2.26. The quantitative estimate of drug-likeness (QED) is 0.851. The van der Waals surface area contributed by atoms with Gasteiger partial charge in [-0.2, -0.15) is 0 Å². The molecule has 2 aromatic rings. The molecule has 0 bridgehead atoms. The van der Waals surface area contributed by atoms with Crippen LogP contribution in [0, 0.1) is 6.92 Å². The standard InChI is InChI=1S/C15H19N3O3.ClH/c1-10-3-4-11(7-13(10)15-17-5-6-21-15)18-14(19)8-12(9-16)20-2;/h3-7,12H,8-9,16H2,1-2H3,(H,18,19);1H. The number of rotatable bonds is 6. The van der Waals surface area contributed by atoms with Crippen molar-refractivity contribution in [2.45, 2.75) is 19.4 Å². The third-order valence-electron chi connectivity index (χ3n) is 3.19. The minimum atomic E-state index is -0.276. The Morgan fingerprint density at radius 1 is 1.50 bits per heavy atom. The molecule has 1 unspecified atom stereocenters. The van der Waals surface area contributed by atoms with Crippen LogP contribution in [0.15, 0.2) is 35.1 Å². The lowest BCUT2D eigenvalue weighted by Crippen LogP contribution is -2.28. The zero-order valence-corrected chi connectivity index (χ0v) is 13.4. The molecule has 6 nitrogen and oxygen atoms in total. The van der Waals surface area contributed by atoms with E-state index in [1.165, 1.54) is 13.4 Å². The van der Waals surface area contributed by atoms with Gasteiger partial charge in [-0.1, -0.05) is 6.07 Å². The molecule has 1 aromatic carbocycles. The van der Waals surface area contributed by atoms with Crippen LogP contribution >= 0.6 is 12.4 Å². The summed E-state index contributed by atoms with van der Waals surface area (Å²) in [5.74, 6) is 0.384. The molecule has 0 saturated heterocycles. The molecule has 120 valence electrons. The summed E-state index contributed by atoms with van der Waals surface area (Å²) in [6.07, 6.45) is 3.05. The van der Waals surface area contributed by atoms with Gasteiger partial charge < -0.3 is 20.2 Å². The predicted octanol–water partition coefficient (Wildman–Crippen LogP) is 2.37. The van der Waals surface area contributed by atoms with Crippen LogP contribution in [0.2, 0.25) is 0 Å². The van der Waals surface area contributed by atoms with Crippen LogP contribution < -0.4 is 11.1 Å². The van der Waals surface area contributed by atoms with Crippen molar-refractivity contribution >= 4 is 24.0 Å². The van der Waals surface area contributed by atoms with Gasteiger partial charge >= 0.3 is 0 Å². The van der Waals surface area contributed by atoms with E-state index in [9.17, 15) is 4.79 Å². The fourth-order valence-corrected chi connectivity index (χ4v) is 1.97. The molecule has 22 heavy (non-hydrogen) atoms. The number of oxazole rings is 1. The van der Waals surface area contributed by atoms with E-state index in [4.69, 9.17) is 14.9 Å². The van der Waals surface area contributed by atoms with Crippen LogP contribution in [0.3, 0.4) is 0 Å². The molecule has 3 N–H and O–H groups in total. The highest BCUT2D eigenvalue weighted by Gasteiger charge is 2.13. The fourth-order valence-electron chi connectivity index (χ4n) is 1.97. The van der Waals surface area contributed by atoms with Crippen LogP contribution in [-0.4, -0.2) is 30.6 Å². The van der Waals surface area contributed by atoms with Gasteiger partial charge in [-0.15, -0.1) is 12.4 Å². The Kier molecular flexibility index (Phi) is 7.04. The average Bonchev–Trinajstić information content (AvgIpc) is 3.00. The van der Waals surface area contributed by atoms with Gasteiger partial charge in [0.25, 0.3) is 0 Å². The predicted molar refractivity (Wildman–Crippen MR) is 87.0 cm³/mol. The van der Waals surface area contributed by atoms with Gasteiger partial charge in [0.15, 0.2) is 0 Å². The Morgan fingerprint density at radius 2 is 2.27 bits per heavy atom. The van der Waals surface area contributed by atoms with E-state index >= 15 is 0 Å². The Labute approximate surface area is 135 Å². The average molecular weight is 326 g/mol. The summed E-state index contributed by atoms with van der Waals surface area (Å²) in [6, 6.07) is 5.58. The number of methoxy groups -OCH3 is 1. The molecule has 0 radical (unpaired) electrons. The number of ether oxygens (including phenoxy) is 1. The third-order valence-corrected chi connectivity index (χ3v) is 3.19. The molecule has 1 aromatic heterocycles. The smallest absolute Gasteiger partial charge is 0.227 e. The number of nitrogens with two attached hydrogens (primary N) is 1. The van der Waals surface area contributed by atoms with Crippen LogP contribution in [0.5, 0.6) is 0 Å². The lowest BCUT2D eigenvalue weighted by Gasteiger charge is -2.13. The molecular weight excluding hydrogens is 306 g/mol. The highest BCUT2D eigenvalue weighted by molar-refractivity contribution is 5.91. The highest BCUT2D eigenvalue weighted by Crippen LogP contribution is 2.25. The summed E-state index contributed by atoms with van der Waals surface area (Å²) in [5.41, 5.74) is 8.06. The molecule has 7 heteroatoms. The van der Waals surface area contributed by atoms with Crippen molar-refractivity contribution in [3.63, 3.8) is 0 Å². The van der Waals surface area contributed by atoms with Crippen molar-refractivity contribution in [2.75, 3.05) is 19.0 Å². The van der Waals surface area contributed by atoms with Gasteiger partial charge in [0, 0.05) is 24.9 Å². The number of halogens is 1. The maximum absolute atomic E-state index is 11.9. The number of benzene rings is 1. The Hall–Kier alpha value is -1.89. The molecule has 0 aliphatic carbocycles. The van der Waals surface area contributed by atoms with Gasteiger partial charge in [-0.3, -0.25) is 4.79 Å². The Balaban J connectivity index is 0.00000242. The van der Waals surface area contributed by atoms with Crippen molar-refractivity contribution in [1.29, 1.82) is 0 Å². The second kappa shape index (κ2) is 8.53. The Morgan fingerprint density at radius 3 is 2.86 bits per heavy atom. The fraction of sp³-hybridized carbons (Fsp3) is 0.333. The van der Waals surface area contributed by atoms with E-state index < -0.39 is 0 Å². The maximum Gasteiger partial charge on any atom is 0.227 e. The normalized spacial score (nSPS) is 11.6. The van der Waals surface area contributed by atoms with Gasteiger partial charge in [0.2, 0.25) is 11.8 Å². The molecule has 1 atom stereocenters. The number of hydrogen-bond donors (Lipinski definition) is 2. The minimum Gasteiger partial charge on any atom is -0.445 e. The summed E-state index contributed by atoms with van der Waals surface area (Å²) < 4.78 is 10.4. The third kappa shape index (κ3) is 4.56. The molecular formula is C15H20ClN3O3. The van der Waals surface area contributed by atoms with Crippen LogP contribution in [0.25, 0.3) is 11.5 Å². The zero-order chi connectivity index (χ0) is 15.2. The van der Waals surface area contributed by atoms with E-state index in [-0.39, 0.29) is 30.8 Å². The summed E-state index contributed by atoms with van der Waals surface area (Å²) in [5, 5.41) is 2.83. The lowest BCUT2D eigenvalue weighted by molar-refractivity contribution is -0.118. The van der Waals surface area contributed by atoms with Crippen LogP contribution in [0.1, 0.15) is 12.0 Å². The second-order valence-corrected chi connectivity index (χ2v) is 4.71. The Bertz CT molecular complexity index is 598. The van der Waals surface area contributed by atoms with E-state index in [1.807, 2.05) is 25.1 Å². The topological polar surface area (TPSA) is 90.4 Å². The zero-order valence-electron chi connectivity index (χ0n) is 12.5. The van der Waals surface area contributed by atoms with Gasteiger partial charge in [-0.05, 0) is 24.6 Å². The SMILES string of the molecule is COC(CN)CC(=O)Nc1ccc(C)c(-c2ncco2)c1.Cl. The summed E-state index contributed by atoms with van der Waals surface area (Å²) >= 11 is 0. The van der Waals surface area contributed by atoms with E-state index in [2.05, 4.69) is 10.3 Å². The van der Waals surface area contributed by atoms with Crippen molar-refractivity contribution < 1.29 is 13.9 Å². The van der Waals surface area contributed by atoms with Crippen molar-refractivity contribution in [3.05, 3.63) is 36.2 Å². The number of anilines is 1. The largest absolute Gasteiger partial charge is 0.445 e. The number of nitrogens with zero attached hydrogens (tertiary/aromatic N) is 1. The molecule has 1 heterocycles. The van der Waals surface area contributed by atoms with E-state index in [1.54, 1.807) is 6.20 Å². The number of carbonyl (C=O) groups excluding carboxylic acids is 1. The van der Waals surface area contributed by atoms with Gasteiger partial charge in [0.05, 0.1) is 18.7 Å². The molecule has 0 aliphatic heterocycles. The van der Waals surface area contributed by atoms with Gasteiger partial charge in [-0.25, -0.2) is 4.98 Å². The van der Waals surface area contributed by atoms with Crippen molar-refractivity contribution in [2.24, 2.45) is 5.73 Å². The first-order valence-corrected chi connectivity index (χ1v) is 6.67. The number of aryl methyl sites for hydroxylation is 1. The summed E-state index contributed by atoms with van der Waals surface area (Å²) in [4.78, 5) is 16.1. The summed E-state index contributed by atoms with van der Waals surface area (Å²) in [7, 11) is 1.54. The molecule has 0 spiro atoms. The second-order valence-electron chi connectivity index (χ2n) is 4.71. The molecule has 0 fully saturated rings. The number of hydrogen-bond acceptors (Lipinski definition) is 5.